The van der Waals surface area contributed by atoms with Gasteiger partial charge in [-0.15, -0.1) is 0 Å². The van der Waals surface area contributed by atoms with Gasteiger partial charge in [-0.3, -0.25) is 9.59 Å². The zero-order chi connectivity index (χ0) is 13.3. The summed E-state index contributed by atoms with van der Waals surface area (Å²) in [7, 11) is 0. The number of carboxylic acid groups (broad SMARTS) is 1. The van der Waals surface area contributed by atoms with Crippen LogP contribution in [0.1, 0.15) is 30.3 Å². The lowest BCUT2D eigenvalue weighted by Gasteiger charge is -2.37. The van der Waals surface area contributed by atoms with Crippen LogP contribution in [0, 0.1) is 5.41 Å². The van der Waals surface area contributed by atoms with E-state index in [1.807, 2.05) is 0 Å². The number of piperidine rings is 1. The first-order chi connectivity index (χ1) is 8.44. The maximum atomic E-state index is 12.2. The van der Waals surface area contributed by atoms with Crippen molar-refractivity contribution in [3.8, 4) is 0 Å². The Kier molecular flexibility index (Phi) is 3.47. The number of amides is 1. The molecule has 6 heteroatoms. The number of carbonyl (C=O) groups is 2. The second-order valence-electron chi connectivity index (χ2n) is 4.79. The quantitative estimate of drug-likeness (QED) is 0.909. The molecule has 0 radical (unpaired) electrons. The van der Waals surface area contributed by atoms with Crippen molar-refractivity contribution in [3.63, 3.8) is 0 Å². The second-order valence-corrected chi connectivity index (χ2v) is 5.65. The lowest BCUT2D eigenvalue weighted by molar-refractivity contribution is -0.150. The fraction of sp³-hybridized carbons (Fsp3) is 0.500. The Morgan fingerprint density at radius 3 is 2.83 bits per heavy atom. The van der Waals surface area contributed by atoms with Crippen LogP contribution in [0.25, 0.3) is 0 Å². The topological polar surface area (TPSA) is 70.8 Å². The van der Waals surface area contributed by atoms with Crippen molar-refractivity contribution in [1.29, 1.82) is 0 Å². The third-order valence-corrected chi connectivity index (χ3v) is 3.94. The van der Waals surface area contributed by atoms with Crippen molar-refractivity contribution >= 4 is 27.8 Å². The highest BCUT2D eigenvalue weighted by molar-refractivity contribution is 9.10. The van der Waals surface area contributed by atoms with E-state index < -0.39 is 11.4 Å². The zero-order valence-corrected chi connectivity index (χ0v) is 11.6. The molecule has 1 aliphatic heterocycles. The average Bonchev–Trinajstić information content (AvgIpc) is 2.74. The molecule has 18 heavy (non-hydrogen) atoms. The van der Waals surface area contributed by atoms with Crippen LogP contribution in [0.3, 0.4) is 0 Å². The van der Waals surface area contributed by atoms with E-state index in [2.05, 4.69) is 15.9 Å². The summed E-state index contributed by atoms with van der Waals surface area (Å²) in [5.41, 5.74) is -0.868. The first kappa shape index (κ1) is 13.1. The number of hydrogen-bond acceptors (Lipinski definition) is 3. The van der Waals surface area contributed by atoms with Gasteiger partial charge in [0.1, 0.15) is 0 Å². The Balaban J connectivity index is 2.17. The summed E-state index contributed by atoms with van der Waals surface area (Å²) in [5.74, 6) is -0.901. The molecule has 2 rings (SSSR count). The van der Waals surface area contributed by atoms with Gasteiger partial charge in [-0.1, -0.05) is 0 Å². The number of carbonyl (C=O) groups excluding carboxylic acids is 1. The van der Waals surface area contributed by atoms with Gasteiger partial charge in [-0.2, -0.15) is 0 Å². The number of rotatable bonds is 2. The van der Waals surface area contributed by atoms with Crippen LogP contribution in [0.15, 0.2) is 21.2 Å². The largest absolute Gasteiger partial charge is 0.481 e. The van der Waals surface area contributed by atoms with Crippen molar-refractivity contribution in [2.24, 2.45) is 5.41 Å². The third kappa shape index (κ3) is 2.29. The van der Waals surface area contributed by atoms with Gasteiger partial charge < -0.3 is 14.4 Å². The van der Waals surface area contributed by atoms with E-state index in [9.17, 15) is 14.7 Å². The monoisotopic (exact) mass is 315 g/mol. The Hall–Kier alpha value is -1.30. The van der Waals surface area contributed by atoms with Gasteiger partial charge in [0, 0.05) is 13.1 Å². The van der Waals surface area contributed by atoms with E-state index in [0.29, 0.717) is 23.9 Å². The smallest absolute Gasteiger partial charge is 0.311 e. The predicted octanol–water partition coefficient (Wildman–Crippen LogP) is 2.37. The molecule has 1 amide bonds. The number of aliphatic carboxylic acids is 1. The molecule has 0 saturated carbocycles. The summed E-state index contributed by atoms with van der Waals surface area (Å²) in [6.07, 6.45) is 2.70. The van der Waals surface area contributed by atoms with Crippen LogP contribution in [0.5, 0.6) is 0 Å². The summed E-state index contributed by atoms with van der Waals surface area (Å²) in [6, 6.07) is 1.65. The van der Waals surface area contributed by atoms with Gasteiger partial charge in [0.15, 0.2) is 0 Å². The minimum atomic E-state index is -0.868. The van der Waals surface area contributed by atoms with Crippen LogP contribution >= 0.6 is 15.9 Å². The van der Waals surface area contributed by atoms with Crippen molar-refractivity contribution in [1.82, 2.24) is 4.90 Å². The van der Waals surface area contributed by atoms with Gasteiger partial charge in [0.25, 0.3) is 5.91 Å². The molecule has 1 fully saturated rings. The van der Waals surface area contributed by atoms with E-state index in [1.54, 1.807) is 17.9 Å². The number of nitrogens with zero attached hydrogens (tertiary/aromatic N) is 1. The molecule has 1 aliphatic rings. The molecule has 0 spiro atoms. The first-order valence-electron chi connectivity index (χ1n) is 5.70. The third-order valence-electron chi connectivity index (χ3n) is 3.31. The molecular weight excluding hydrogens is 302 g/mol. The number of halogens is 1. The van der Waals surface area contributed by atoms with Crippen molar-refractivity contribution in [2.75, 3.05) is 13.1 Å². The summed E-state index contributed by atoms with van der Waals surface area (Å²) in [5, 5.41) is 9.21. The van der Waals surface area contributed by atoms with Crippen LogP contribution < -0.4 is 0 Å². The Morgan fingerprint density at radius 2 is 2.28 bits per heavy atom. The minimum Gasteiger partial charge on any atom is -0.481 e. The highest BCUT2D eigenvalue weighted by Crippen LogP contribution is 2.31. The van der Waals surface area contributed by atoms with Gasteiger partial charge >= 0.3 is 5.97 Å². The Morgan fingerprint density at radius 1 is 1.56 bits per heavy atom. The predicted molar refractivity (Wildman–Crippen MR) is 67.3 cm³/mol. The maximum absolute atomic E-state index is 12.2. The van der Waals surface area contributed by atoms with Gasteiger partial charge in [-0.05, 0) is 41.8 Å². The van der Waals surface area contributed by atoms with Crippen LogP contribution in [0.4, 0.5) is 0 Å². The van der Waals surface area contributed by atoms with Crippen molar-refractivity contribution in [3.05, 3.63) is 22.6 Å². The number of carboxylic acids is 1. The second kappa shape index (κ2) is 4.76. The summed E-state index contributed by atoms with van der Waals surface area (Å²) < 4.78 is 5.72. The van der Waals surface area contributed by atoms with Crippen molar-refractivity contribution < 1.29 is 19.1 Å². The number of likely N-dealkylation sites (tertiary alicyclic amines) is 1. The van der Waals surface area contributed by atoms with E-state index in [4.69, 9.17) is 4.42 Å². The summed E-state index contributed by atoms with van der Waals surface area (Å²) >= 11 is 3.23. The van der Waals surface area contributed by atoms with Crippen LogP contribution in [-0.4, -0.2) is 35.0 Å². The fourth-order valence-electron chi connectivity index (χ4n) is 2.18. The zero-order valence-electron chi connectivity index (χ0n) is 9.98. The Bertz CT molecular complexity index is 484. The number of hydrogen-bond donors (Lipinski definition) is 1. The molecule has 1 aromatic rings. The van der Waals surface area contributed by atoms with Gasteiger partial charge in [0.05, 0.1) is 16.2 Å². The molecule has 1 N–H and O–H groups in total. The molecule has 0 bridgehead atoms. The Labute approximate surface area is 113 Å². The van der Waals surface area contributed by atoms with Gasteiger partial charge in [0.2, 0.25) is 5.76 Å². The average molecular weight is 316 g/mol. The first-order valence-corrected chi connectivity index (χ1v) is 6.49. The summed E-state index contributed by atoms with van der Waals surface area (Å²) in [6.45, 7) is 2.45. The molecule has 2 heterocycles. The highest BCUT2D eigenvalue weighted by atomic mass is 79.9. The van der Waals surface area contributed by atoms with E-state index in [0.717, 1.165) is 0 Å². The minimum absolute atomic E-state index is 0.217. The van der Waals surface area contributed by atoms with E-state index in [-0.39, 0.29) is 18.2 Å². The SMILES string of the molecule is CC1(C(=O)O)CCCN(C(=O)c2occc2Br)C1. The lowest BCUT2D eigenvalue weighted by atomic mass is 9.82. The molecular formula is C12H14BrNO4. The normalized spacial score (nSPS) is 24.0. The van der Waals surface area contributed by atoms with Gasteiger partial charge in [-0.25, -0.2) is 0 Å². The summed E-state index contributed by atoms with van der Waals surface area (Å²) in [4.78, 5) is 25.0. The standard InChI is InChI=1S/C12H14BrNO4/c1-12(11(16)17)4-2-5-14(7-12)10(15)9-8(13)3-6-18-9/h3,6H,2,4-5,7H2,1H3,(H,16,17). The molecule has 1 aromatic heterocycles. The molecule has 0 aliphatic carbocycles. The van der Waals surface area contributed by atoms with Crippen LogP contribution in [-0.2, 0) is 4.79 Å². The molecule has 98 valence electrons. The number of furan rings is 1. The maximum Gasteiger partial charge on any atom is 0.311 e. The molecule has 1 saturated heterocycles. The molecule has 1 unspecified atom stereocenters. The van der Waals surface area contributed by atoms with E-state index >= 15 is 0 Å². The molecule has 1 atom stereocenters. The molecule has 5 nitrogen and oxygen atoms in total. The van der Waals surface area contributed by atoms with Crippen molar-refractivity contribution in [2.45, 2.75) is 19.8 Å². The lowest BCUT2D eigenvalue weighted by Crippen LogP contribution is -2.48. The fourth-order valence-corrected chi connectivity index (χ4v) is 2.55. The van der Waals surface area contributed by atoms with Crippen LogP contribution in [0.2, 0.25) is 0 Å². The highest BCUT2D eigenvalue weighted by Gasteiger charge is 2.40. The van der Waals surface area contributed by atoms with E-state index in [1.165, 1.54) is 6.26 Å². The molecule has 0 aromatic carbocycles.